The highest BCUT2D eigenvalue weighted by Crippen LogP contribution is 2.04. The molecule has 2 radical (unpaired) electrons. The summed E-state index contributed by atoms with van der Waals surface area (Å²) in [5.74, 6) is 0. The number of hydrogen-bond acceptors (Lipinski definition) is 1. The molecule has 0 fully saturated rings. The Balaban J connectivity index is 0. The van der Waals surface area contributed by atoms with Gasteiger partial charge in [-0.25, -0.2) is 0 Å². The SMILES string of the molecule is CCCCCCCCOCl.[Mg]. The molecule has 0 aromatic rings. The van der Waals surface area contributed by atoms with Crippen LogP contribution in [0.1, 0.15) is 45.4 Å². The number of hydrogen-bond donors (Lipinski definition) is 0. The first-order valence-corrected chi connectivity index (χ1v) is 4.46. The molecule has 0 saturated carbocycles. The second-order valence-corrected chi connectivity index (χ2v) is 2.80. The third kappa shape index (κ3) is 13.9. The van der Waals surface area contributed by atoms with Crippen LogP contribution in [-0.2, 0) is 4.29 Å². The third-order valence-electron chi connectivity index (χ3n) is 1.58. The van der Waals surface area contributed by atoms with Crippen molar-refractivity contribution in [3.05, 3.63) is 0 Å². The maximum Gasteiger partial charge on any atom is 0.0682 e. The third-order valence-corrected chi connectivity index (χ3v) is 1.73. The zero-order valence-corrected chi connectivity index (χ0v) is 9.61. The molecule has 0 heterocycles. The standard InChI is InChI=1S/C8H17ClO.Mg/c1-2-3-4-5-6-7-8-10-9;/h2-8H2,1H3;. The van der Waals surface area contributed by atoms with Crippen molar-refractivity contribution >= 4 is 34.9 Å². The highest BCUT2D eigenvalue weighted by molar-refractivity contribution is 6.07. The number of rotatable bonds is 7. The van der Waals surface area contributed by atoms with Gasteiger partial charge < -0.3 is 0 Å². The van der Waals surface area contributed by atoms with E-state index in [0.29, 0.717) is 6.61 Å². The van der Waals surface area contributed by atoms with E-state index in [0.717, 1.165) is 6.42 Å². The smallest absolute Gasteiger partial charge is 0.0682 e. The van der Waals surface area contributed by atoms with Gasteiger partial charge >= 0.3 is 0 Å². The Hall–Kier alpha value is 1.02. The van der Waals surface area contributed by atoms with E-state index < -0.39 is 0 Å². The highest BCUT2D eigenvalue weighted by atomic mass is 35.5. The Morgan fingerprint density at radius 1 is 1.00 bits per heavy atom. The van der Waals surface area contributed by atoms with Gasteiger partial charge in [-0.05, 0) is 6.42 Å². The van der Waals surface area contributed by atoms with E-state index in [1.807, 2.05) is 0 Å². The lowest BCUT2D eigenvalue weighted by Gasteiger charge is -1.97. The topological polar surface area (TPSA) is 9.23 Å². The molecule has 0 aliphatic carbocycles. The molecule has 11 heavy (non-hydrogen) atoms. The van der Waals surface area contributed by atoms with E-state index in [2.05, 4.69) is 11.2 Å². The molecule has 0 spiro atoms. The molecule has 0 aromatic heterocycles. The van der Waals surface area contributed by atoms with E-state index in [4.69, 9.17) is 11.9 Å². The zero-order chi connectivity index (χ0) is 7.66. The molecule has 0 amide bonds. The molecule has 0 saturated heterocycles. The van der Waals surface area contributed by atoms with Gasteiger partial charge in [0.05, 0.1) is 18.5 Å². The predicted octanol–water partition coefficient (Wildman–Crippen LogP) is 3.14. The lowest BCUT2D eigenvalue weighted by Crippen LogP contribution is -1.84. The fourth-order valence-corrected chi connectivity index (χ4v) is 1.05. The lowest BCUT2D eigenvalue weighted by atomic mass is 10.1. The average Bonchev–Trinajstić information content (AvgIpc) is 1.97. The Bertz CT molecular complexity index is 54.1. The molecule has 0 aliphatic rings. The van der Waals surface area contributed by atoms with Crippen molar-refractivity contribution in [3.63, 3.8) is 0 Å². The minimum Gasteiger partial charge on any atom is -0.279 e. The monoisotopic (exact) mass is 188 g/mol. The molecular weight excluding hydrogens is 172 g/mol. The first kappa shape index (κ1) is 14.5. The summed E-state index contributed by atoms with van der Waals surface area (Å²) in [6.45, 7) is 2.93. The lowest BCUT2D eigenvalue weighted by molar-refractivity contribution is 0.335. The van der Waals surface area contributed by atoms with E-state index in [-0.39, 0.29) is 23.1 Å². The van der Waals surface area contributed by atoms with Crippen molar-refractivity contribution in [1.29, 1.82) is 0 Å². The summed E-state index contributed by atoms with van der Waals surface area (Å²) in [5, 5.41) is 0. The summed E-state index contributed by atoms with van der Waals surface area (Å²) in [7, 11) is 0. The highest BCUT2D eigenvalue weighted by Gasteiger charge is 1.88. The van der Waals surface area contributed by atoms with Crippen LogP contribution in [-0.4, -0.2) is 29.7 Å². The fraction of sp³-hybridized carbons (Fsp3) is 1.00. The van der Waals surface area contributed by atoms with Gasteiger partial charge in [0.2, 0.25) is 0 Å². The maximum absolute atomic E-state index is 5.04. The second-order valence-electron chi connectivity index (χ2n) is 2.58. The van der Waals surface area contributed by atoms with Crippen molar-refractivity contribution in [2.24, 2.45) is 0 Å². The van der Waals surface area contributed by atoms with Crippen LogP contribution >= 0.6 is 11.9 Å². The number of unbranched alkanes of at least 4 members (excludes halogenated alkanes) is 5. The van der Waals surface area contributed by atoms with E-state index in [1.165, 1.54) is 32.1 Å². The predicted molar refractivity (Wildman–Crippen MR) is 50.9 cm³/mol. The Kier molecular flexibility index (Phi) is 18.0. The summed E-state index contributed by atoms with van der Waals surface area (Å²) in [6.07, 6.45) is 7.72. The fourth-order valence-electron chi connectivity index (χ4n) is 0.937. The van der Waals surface area contributed by atoms with Gasteiger partial charge in [0, 0.05) is 23.1 Å². The zero-order valence-electron chi connectivity index (χ0n) is 7.44. The second kappa shape index (κ2) is 13.6. The summed E-state index contributed by atoms with van der Waals surface area (Å²) in [5.41, 5.74) is 0. The van der Waals surface area contributed by atoms with Gasteiger partial charge in [-0.1, -0.05) is 39.0 Å². The molecule has 64 valence electrons. The van der Waals surface area contributed by atoms with Gasteiger partial charge in [-0.15, -0.1) is 0 Å². The molecule has 0 N–H and O–H groups in total. The van der Waals surface area contributed by atoms with Gasteiger partial charge in [0.15, 0.2) is 0 Å². The van der Waals surface area contributed by atoms with Crippen molar-refractivity contribution in [3.8, 4) is 0 Å². The Morgan fingerprint density at radius 2 is 1.55 bits per heavy atom. The first-order valence-electron chi connectivity index (χ1n) is 4.15. The van der Waals surface area contributed by atoms with Crippen LogP contribution in [0.15, 0.2) is 0 Å². The Morgan fingerprint density at radius 3 is 2.09 bits per heavy atom. The van der Waals surface area contributed by atoms with Gasteiger partial charge in [-0.2, -0.15) is 0 Å². The van der Waals surface area contributed by atoms with Crippen molar-refractivity contribution < 1.29 is 4.29 Å². The van der Waals surface area contributed by atoms with Gasteiger partial charge in [0.1, 0.15) is 0 Å². The Labute approximate surface area is 91.2 Å². The summed E-state index contributed by atoms with van der Waals surface area (Å²) >= 11 is 5.04. The molecule has 0 aromatic carbocycles. The minimum atomic E-state index is 0. The molecule has 3 heteroatoms. The van der Waals surface area contributed by atoms with E-state index in [9.17, 15) is 0 Å². The van der Waals surface area contributed by atoms with Crippen LogP contribution in [0.3, 0.4) is 0 Å². The molecular formula is C8H17ClMgO. The molecule has 0 atom stereocenters. The quantitative estimate of drug-likeness (QED) is 0.441. The van der Waals surface area contributed by atoms with Crippen LogP contribution in [0.4, 0.5) is 0 Å². The molecule has 0 bridgehead atoms. The summed E-state index contributed by atoms with van der Waals surface area (Å²) < 4.78 is 4.42. The normalized spacial score (nSPS) is 9.27. The maximum atomic E-state index is 5.04. The van der Waals surface area contributed by atoms with Crippen molar-refractivity contribution in [1.82, 2.24) is 0 Å². The van der Waals surface area contributed by atoms with Crippen LogP contribution < -0.4 is 0 Å². The molecule has 0 rings (SSSR count). The van der Waals surface area contributed by atoms with Crippen LogP contribution in [0, 0.1) is 0 Å². The first-order chi connectivity index (χ1) is 4.91. The van der Waals surface area contributed by atoms with Crippen LogP contribution in [0.25, 0.3) is 0 Å². The van der Waals surface area contributed by atoms with E-state index >= 15 is 0 Å². The van der Waals surface area contributed by atoms with Crippen LogP contribution in [0.2, 0.25) is 0 Å². The molecule has 1 nitrogen and oxygen atoms in total. The van der Waals surface area contributed by atoms with Crippen LogP contribution in [0.5, 0.6) is 0 Å². The summed E-state index contributed by atoms with van der Waals surface area (Å²) in [6, 6.07) is 0. The van der Waals surface area contributed by atoms with Gasteiger partial charge in [-0.3, -0.25) is 4.29 Å². The summed E-state index contributed by atoms with van der Waals surface area (Å²) in [4.78, 5) is 0. The van der Waals surface area contributed by atoms with Gasteiger partial charge in [0.25, 0.3) is 0 Å². The average molecular weight is 189 g/mol. The minimum absolute atomic E-state index is 0. The van der Waals surface area contributed by atoms with Crippen molar-refractivity contribution in [2.75, 3.05) is 6.61 Å². The molecule has 0 aliphatic heterocycles. The number of halogens is 1. The molecule has 0 unspecified atom stereocenters. The largest absolute Gasteiger partial charge is 0.279 e. The van der Waals surface area contributed by atoms with Crippen molar-refractivity contribution in [2.45, 2.75) is 45.4 Å². The van der Waals surface area contributed by atoms with E-state index in [1.54, 1.807) is 0 Å².